The molecule has 2 aromatic carbocycles. The quantitative estimate of drug-likeness (QED) is 0.368. The Morgan fingerprint density at radius 3 is 2.70 bits per heavy atom. The molecule has 1 saturated heterocycles. The van der Waals surface area contributed by atoms with Crippen LogP contribution in [0.25, 0.3) is 22.1 Å². The van der Waals surface area contributed by atoms with Gasteiger partial charge in [-0.3, -0.25) is 4.90 Å². The van der Waals surface area contributed by atoms with Crippen LogP contribution in [-0.2, 0) is 7.05 Å². The van der Waals surface area contributed by atoms with Gasteiger partial charge < -0.3 is 19.4 Å². The fourth-order valence-electron chi connectivity index (χ4n) is 4.43. The van der Waals surface area contributed by atoms with Gasteiger partial charge in [0.15, 0.2) is 12.0 Å². The zero-order valence-electron chi connectivity index (χ0n) is 20.6. The number of likely N-dealkylation sites (N-methyl/N-ethyl adjacent to an activating group) is 1. The minimum atomic E-state index is -1.09. The Balaban J connectivity index is 1.22. The van der Waals surface area contributed by atoms with Gasteiger partial charge in [0, 0.05) is 31.9 Å². The fraction of sp³-hybridized carbons (Fsp3) is 0.269. The van der Waals surface area contributed by atoms with Gasteiger partial charge in [-0.1, -0.05) is 0 Å². The second-order valence-corrected chi connectivity index (χ2v) is 9.22. The average molecular weight is 501 g/mol. The number of hydrogen-bond acceptors (Lipinski definition) is 9. The third kappa shape index (κ3) is 4.60. The van der Waals surface area contributed by atoms with Crippen molar-refractivity contribution in [3.8, 4) is 17.5 Å². The first-order chi connectivity index (χ1) is 17.9. The minimum Gasteiger partial charge on any atom is -0.457 e. The Kier molecular flexibility index (Phi) is 5.76. The minimum absolute atomic E-state index is 0.0955. The number of imidazole rings is 1. The molecule has 1 fully saturated rings. The fourth-order valence-corrected chi connectivity index (χ4v) is 4.43. The van der Waals surface area contributed by atoms with E-state index in [1.807, 2.05) is 66.9 Å². The molecule has 0 unspecified atom stereocenters. The molecule has 188 valence electrons. The number of nitrogens with one attached hydrogen (secondary N) is 1. The maximum atomic E-state index is 14.2. The number of ether oxygens (including phenoxy) is 2. The third-order valence-electron chi connectivity index (χ3n) is 6.36. The van der Waals surface area contributed by atoms with Crippen LogP contribution in [0.5, 0.6) is 17.5 Å². The summed E-state index contributed by atoms with van der Waals surface area (Å²) in [7, 11) is 3.81. The van der Waals surface area contributed by atoms with Crippen LogP contribution in [0.3, 0.4) is 0 Å². The first kappa shape index (κ1) is 23.0. The van der Waals surface area contributed by atoms with E-state index < -0.39 is 12.3 Å². The Morgan fingerprint density at radius 2 is 1.89 bits per heavy atom. The molecule has 1 N–H and O–H groups in total. The number of nitrogens with zero attached hydrogens (tertiary/aromatic N) is 7. The number of hydrogen-bond donors (Lipinski definition) is 1. The zero-order valence-corrected chi connectivity index (χ0v) is 20.6. The van der Waals surface area contributed by atoms with Gasteiger partial charge in [-0.25, -0.2) is 24.3 Å². The molecular formula is C26H25FN8O2. The Bertz CT molecular complexity index is 1610. The highest BCUT2D eigenvalue weighted by molar-refractivity contribution is 5.86. The summed E-state index contributed by atoms with van der Waals surface area (Å²) in [5, 5.41) is 3.29. The number of anilines is 2. The molecule has 6 rings (SSSR count). The number of halogens is 1. The van der Waals surface area contributed by atoms with Gasteiger partial charge in [-0.15, -0.1) is 0 Å². The van der Waals surface area contributed by atoms with Crippen LogP contribution in [0.2, 0.25) is 0 Å². The number of likely N-dealkylation sites (tertiary alicyclic amines) is 1. The van der Waals surface area contributed by atoms with E-state index in [0.29, 0.717) is 35.7 Å². The molecular weight excluding hydrogens is 475 g/mol. The molecule has 5 aromatic rings. The molecule has 10 nitrogen and oxygen atoms in total. The number of alkyl halides is 1. The van der Waals surface area contributed by atoms with Crippen LogP contribution < -0.4 is 14.8 Å². The van der Waals surface area contributed by atoms with Gasteiger partial charge in [0.1, 0.15) is 35.0 Å². The van der Waals surface area contributed by atoms with Gasteiger partial charge in [0.25, 0.3) is 0 Å². The maximum Gasteiger partial charge on any atom is 0.317 e. The summed E-state index contributed by atoms with van der Waals surface area (Å²) in [4.78, 5) is 23.6. The monoisotopic (exact) mass is 500 g/mol. The summed E-state index contributed by atoms with van der Waals surface area (Å²) in [6.07, 6.45) is 3.07. The highest BCUT2D eigenvalue weighted by Crippen LogP contribution is 2.31. The smallest absolute Gasteiger partial charge is 0.317 e. The van der Waals surface area contributed by atoms with Crippen molar-refractivity contribution in [2.24, 2.45) is 7.05 Å². The van der Waals surface area contributed by atoms with Gasteiger partial charge in [0.2, 0.25) is 0 Å². The van der Waals surface area contributed by atoms with Gasteiger partial charge in [-0.2, -0.15) is 4.98 Å². The van der Waals surface area contributed by atoms with Crippen molar-refractivity contribution >= 4 is 33.6 Å². The Morgan fingerprint density at radius 1 is 1.00 bits per heavy atom. The first-order valence-electron chi connectivity index (χ1n) is 11.9. The second kappa shape index (κ2) is 9.25. The van der Waals surface area contributed by atoms with Crippen molar-refractivity contribution < 1.29 is 13.9 Å². The van der Waals surface area contributed by atoms with E-state index in [4.69, 9.17) is 9.47 Å². The SMILES string of the molecule is Cc1cc(Nc2ncnc3cnc(O[C@@H]4CN(C)C[C@@H]4F)nc23)ccc1Oc1ccc2c(c1)ncn2C. The zero-order chi connectivity index (χ0) is 25.5. The van der Waals surface area contributed by atoms with Crippen LogP contribution in [0.4, 0.5) is 15.9 Å². The van der Waals surface area contributed by atoms with E-state index in [9.17, 15) is 4.39 Å². The normalized spacial score (nSPS) is 17.9. The van der Waals surface area contributed by atoms with Crippen molar-refractivity contribution in [1.82, 2.24) is 34.4 Å². The number of rotatable bonds is 6. The van der Waals surface area contributed by atoms with Crippen molar-refractivity contribution in [2.75, 3.05) is 25.5 Å². The highest BCUT2D eigenvalue weighted by Gasteiger charge is 2.33. The van der Waals surface area contributed by atoms with Gasteiger partial charge in [-0.05, 0) is 49.9 Å². The molecule has 4 heterocycles. The number of fused-ring (bicyclic) bond motifs is 2. The largest absolute Gasteiger partial charge is 0.457 e. The molecule has 0 aliphatic carbocycles. The first-order valence-corrected chi connectivity index (χ1v) is 11.9. The van der Waals surface area contributed by atoms with Gasteiger partial charge >= 0.3 is 6.01 Å². The predicted octanol–water partition coefficient (Wildman–Crippen LogP) is 4.18. The Hall–Kier alpha value is -4.38. The van der Waals surface area contributed by atoms with Crippen LogP contribution in [0.1, 0.15) is 5.56 Å². The van der Waals surface area contributed by atoms with Crippen LogP contribution in [0.15, 0.2) is 55.2 Å². The molecule has 1 aliphatic heterocycles. The molecule has 0 saturated carbocycles. The molecule has 0 spiro atoms. The van der Waals surface area contributed by atoms with Crippen LogP contribution in [0, 0.1) is 6.92 Å². The van der Waals surface area contributed by atoms with E-state index in [1.54, 1.807) is 12.5 Å². The van der Waals surface area contributed by atoms with E-state index in [0.717, 1.165) is 28.0 Å². The average Bonchev–Trinajstić information content (AvgIpc) is 3.41. The summed E-state index contributed by atoms with van der Waals surface area (Å²) < 4.78 is 28.0. The van der Waals surface area contributed by atoms with Gasteiger partial charge in [0.05, 0.1) is 23.6 Å². The van der Waals surface area contributed by atoms with E-state index in [2.05, 4.69) is 30.2 Å². The molecule has 11 heteroatoms. The third-order valence-corrected chi connectivity index (χ3v) is 6.36. The van der Waals surface area contributed by atoms with E-state index in [1.165, 1.54) is 6.33 Å². The summed E-state index contributed by atoms with van der Waals surface area (Å²) in [6.45, 7) is 2.77. The van der Waals surface area contributed by atoms with Crippen molar-refractivity contribution in [3.05, 3.63) is 60.8 Å². The van der Waals surface area contributed by atoms with E-state index >= 15 is 0 Å². The molecule has 0 bridgehead atoms. The molecule has 2 atom stereocenters. The molecule has 0 radical (unpaired) electrons. The van der Waals surface area contributed by atoms with Crippen LogP contribution in [-0.4, -0.2) is 66.8 Å². The topological polar surface area (TPSA) is 103 Å². The number of aromatic nitrogens is 6. The van der Waals surface area contributed by atoms with Crippen molar-refractivity contribution in [1.29, 1.82) is 0 Å². The lowest BCUT2D eigenvalue weighted by Gasteiger charge is -2.14. The van der Waals surface area contributed by atoms with Crippen LogP contribution >= 0.6 is 0 Å². The molecule has 37 heavy (non-hydrogen) atoms. The summed E-state index contributed by atoms with van der Waals surface area (Å²) in [5.74, 6) is 1.94. The van der Waals surface area contributed by atoms with Crippen molar-refractivity contribution in [3.63, 3.8) is 0 Å². The molecule has 3 aromatic heterocycles. The lowest BCUT2D eigenvalue weighted by molar-refractivity contribution is 0.128. The van der Waals surface area contributed by atoms with Crippen molar-refractivity contribution in [2.45, 2.75) is 19.2 Å². The Labute approximate surface area is 212 Å². The second-order valence-electron chi connectivity index (χ2n) is 9.22. The summed E-state index contributed by atoms with van der Waals surface area (Å²) in [5.41, 5.74) is 4.68. The summed E-state index contributed by atoms with van der Waals surface area (Å²) >= 11 is 0. The van der Waals surface area contributed by atoms with E-state index in [-0.39, 0.29) is 6.01 Å². The predicted molar refractivity (Wildman–Crippen MR) is 137 cm³/mol. The standard InChI is InChI=1S/C26H25FN8O2/c1-15-8-16(4-7-22(15)36-17-5-6-21-19(9-17)31-14-35(21)3)32-25-24-20(29-13-30-25)10-28-26(33-24)37-23-12-34(2)11-18(23)27/h4-10,13-14,18,23H,11-12H2,1-3H3,(H,29,30,32)/t18-,23+/m0/s1. The number of benzene rings is 2. The molecule has 0 amide bonds. The highest BCUT2D eigenvalue weighted by atomic mass is 19.1. The molecule has 1 aliphatic rings. The number of aryl methyl sites for hydroxylation is 2. The summed E-state index contributed by atoms with van der Waals surface area (Å²) in [6, 6.07) is 11.7. The lowest BCUT2D eigenvalue weighted by atomic mass is 10.2. The lowest BCUT2D eigenvalue weighted by Crippen LogP contribution is -2.27. The maximum absolute atomic E-state index is 14.2.